The molecule has 0 aliphatic heterocycles. The normalized spacial score (nSPS) is 10.6. The van der Waals surface area contributed by atoms with Gasteiger partial charge in [0, 0.05) is 10.3 Å². The second-order valence-corrected chi connectivity index (χ2v) is 3.20. The molecule has 0 atom stereocenters. The summed E-state index contributed by atoms with van der Waals surface area (Å²) < 4.78 is 5.25. The van der Waals surface area contributed by atoms with E-state index in [-0.39, 0.29) is 0 Å². The molecule has 2 aromatic rings. The number of hydrogen-bond donors (Lipinski definition) is 0. The highest BCUT2D eigenvalue weighted by Gasteiger charge is 1.96. The largest absolute Gasteiger partial charge is 0.464 e. The van der Waals surface area contributed by atoms with Crippen LogP contribution >= 0.6 is 11.8 Å². The van der Waals surface area contributed by atoms with Crippen molar-refractivity contribution >= 4 is 22.7 Å². The van der Waals surface area contributed by atoms with Crippen LogP contribution in [0.3, 0.4) is 0 Å². The van der Waals surface area contributed by atoms with Crippen molar-refractivity contribution in [1.82, 2.24) is 0 Å². The smallest absolute Gasteiger partial charge is 0.134 e. The lowest BCUT2D eigenvalue weighted by atomic mass is 10.3. The van der Waals surface area contributed by atoms with Crippen LogP contribution in [0.1, 0.15) is 0 Å². The highest BCUT2D eigenvalue weighted by molar-refractivity contribution is 7.98. The summed E-state index contributed by atoms with van der Waals surface area (Å²) in [6.45, 7) is 0. The highest BCUT2D eigenvalue weighted by Crippen LogP contribution is 2.22. The van der Waals surface area contributed by atoms with Crippen LogP contribution < -0.4 is 0 Å². The predicted octanol–water partition coefficient (Wildman–Crippen LogP) is 3.15. The molecule has 11 heavy (non-hydrogen) atoms. The zero-order chi connectivity index (χ0) is 7.68. The van der Waals surface area contributed by atoms with Gasteiger partial charge in [0.15, 0.2) is 0 Å². The van der Waals surface area contributed by atoms with Gasteiger partial charge in [-0.2, -0.15) is 0 Å². The van der Waals surface area contributed by atoms with Gasteiger partial charge in [-0.3, -0.25) is 0 Å². The molecule has 1 heterocycles. The van der Waals surface area contributed by atoms with E-state index in [1.54, 1.807) is 18.0 Å². The van der Waals surface area contributed by atoms with Crippen LogP contribution in [0.5, 0.6) is 0 Å². The number of furan rings is 1. The topological polar surface area (TPSA) is 13.1 Å². The van der Waals surface area contributed by atoms with Gasteiger partial charge >= 0.3 is 0 Å². The summed E-state index contributed by atoms with van der Waals surface area (Å²) in [6, 6.07) is 8.20. The standard InChI is InChI=1S/C9H8OS/c1-11-8-3-2-7-4-5-10-9(7)6-8/h2-6H,1H3. The van der Waals surface area contributed by atoms with Crippen LogP contribution in [0, 0.1) is 0 Å². The Bertz CT molecular complexity index is 364. The molecule has 2 heteroatoms. The molecule has 0 amide bonds. The number of rotatable bonds is 1. The molecule has 0 N–H and O–H groups in total. The monoisotopic (exact) mass is 164 g/mol. The SMILES string of the molecule is CSc1ccc2ccoc2c1. The van der Waals surface area contributed by atoms with Gasteiger partial charge in [0.1, 0.15) is 5.58 Å². The zero-order valence-corrected chi connectivity index (χ0v) is 7.02. The van der Waals surface area contributed by atoms with Crippen LogP contribution in [0.25, 0.3) is 11.0 Å². The van der Waals surface area contributed by atoms with Crippen LogP contribution in [-0.4, -0.2) is 6.26 Å². The van der Waals surface area contributed by atoms with Gasteiger partial charge < -0.3 is 4.42 Å². The van der Waals surface area contributed by atoms with Crippen molar-refractivity contribution < 1.29 is 4.42 Å². The van der Waals surface area contributed by atoms with Gasteiger partial charge in [-0.1, -0.05) is 6.07 Å². The molecule has 0 saturated heterocycles. The third kappa shape index (κ3) is 1.14. The predicted molar refractivity (Wildman–Crippen MR) is 48.0 cm³/mol. The maximum atomic E-state index is 5.25. The Labute approximate surface area is 69.4 Å². The average Bonchev–Trinajstić information content (AvgIpc) is 2.50. The fraction of sp³-hybridized carbons (Fsp3) is 0.111. The second-order valence-electron chi connectivity index (χ2n) is 2.32. The van der Waals surface area contributed by atoms with Crippen molar-refractivity contribution in [1.29, 1.82) is 0 Å². The number of hydrogen-bond acceptors (Lipinski definition) is 2. The van der Waals surface area contributed by atoms with Gasteiger partial charge in [-0.15, -0.1) is 11.8 Å². The molecule has 0 fully saturated rings. The Morgan fingerprint density at radius 1 is 1.27 bits per heavy atom. The Hall–Kier alpha value is -0.890. The fourth-order valence-corrected chi connectivity index (χ4v) is 1.49. The Morgan fingerprint density at radius 3 is 3.00 bits per heavy atom. The minimum atomic E-state index is 0.969. The van der Waals surface area contributed by atoms with Crippen LogP contribution in [0.4, 0.5) is 0 Å². The third-order valence-electron chi connectivity index (χ3n) is 1.66. The van der Waals surface area contributed by atoms with Crippen molar-refractivity contribution in [3.63, 3.8) is 0 Å². The zero-order valence-electron chi connectivity index (χ0n) is 6.20. The summed E-state index contributed by atoms with van der Waals surface area (Å²) in [4.78, 5) is 1.24. The van der Waals surface area contributed by atoms with Crippen molar-refractivity contribution in [2.75, 3.05) is 6.26 Å². The maximum absolute atomic E-state index is 5.25. The number of benzene rings is 1. The lowest BCUT2D eigenvalue weighted by Gasteiger charge is -1.93. The molecule has 0 saturated carbocycles. The fourth-order valence-electron chi connectivity index (χ4n) is 1.06. The van der Waals surface area contributed by atoms with Crippen molar-refractivity contribution in [2.45, 2.75) is 4.90 Å². The van der Waals surface area contributed by atoms with E-state index >= 15 is 0 Å². The van der Waals surface area contributed by atoms with Crippen molar-refractivity contribution in [2.24, 2.45) is 0 Å². The van der Waals surface area contributed by atoms with Gasteiger partial charge in [-0.05, 0) is 24.5 Å². The molecular weight excluding hydrogens is 156 g/mol. The first-order valence-corrected chi connectivity index (χ1v) is 4.64. The molecule has 0 aliphatic rings. The Balaban J connectivity index is 2.67. The summed E-state index contributed by atoms with van der Waals surface area (Å²) >= 11 is 1.73. The van der Waals surface area contributed by atoms with Gasteiger partial charge in [0.2, 0.25) is 0 Å². The highest BCUT2D eigenvalue weighted by atomic mass is 32.2. The molecule has 0 radical (unpaired) electrons. The quantitative estimate of drug-likeness (QED) is 0.600. The first-order valence-electron chi connectivity index (χ1n) is 3.41. The van der Waals surface area contributed by atoms with Crippen molar-refractivity contribution in [3.05, 3.63) is 30.5 Å². The van der Waals surface area contributed by atoms with Crippen LogP contribution in [0.2, 0.25) is 0 Å². The Kier molecular flexibility index (Phi) is 1.62. The van der Waals surface area contributed by atoms with Crippen molar-refractivity contribution in [3.8, 4) is 0 Å². The minimum Gasteiger partial charge on any atom is -0.464 e. The molecule has 0 aliphatic carbocycles. The molecule has 1 aromatic carbocycles. The lowest BCUT2D eigenvalue weighted by molar-refractivity contribution is 0.615. The van der Waals surface area contributed by atoms with Gasteiger partial charge in [0.25, 0.3) is 0 Å². The van der Waals surface area contributed by atoms with Crippen LogP contribution in [-0.2, 0) is 0 Å². The summed E-state index contributed by atoms with van der Waals surface area (Å²) in [6.07, 6.45) is 3.78. The summed E-state index contributed by atoms with van der Waals surface area (Å²) in [5.74, 6) is 0. The van der Waals surface area contributed by atoms with Gasteiger partial charge in [-0.25, -0.2) is 0 Å². The molecular formula is C9H8OS. The first-order chi connectivity index (χ1) is 5.40. The Morgan fingerprint density at radius 2 is 2.18 bits per heavy atom. The van der Waals surface area contributed by atoms with E-state index in [4.69, 9.17) is 4.42 Å². The molecule has 0 bridgehead atoms. The van der Waals surface area contributed by atoms with E-state index in [0.29, 0.717) is 0 Å². The second kappa shape index (κ2) is 2.62. The average molecular weight is 164 g/mol. The summed E-state index contributed by atoms with van der Waals surface area (Å²) in [5, 5.41) is 1.17. The van der Waals surface area contributed by atoms with Gasteiger partial charge in [0.05, 0.1) is 6.26 Å². The van der Waals surface area contributed by atoms with E-state index in [2.05, 4.69) is 24.5 Å². The molecule has 56 valence electrons. The van der Waals surface area contributed by atoms with E-state index in [1.165, 1.54) is 10.3 Å². The lowest BCUT2D eigenvalue weighted by Crippen LogP contribution is -1.67. The molecule has 1 nitrogen and oxygen atoms in total. The molecule has 1 aromatic heterocycles. The number of thioether (sulfide) groups is 1. The molecule has 2 rings (SSSR count). The summed E-state index contributed by atoms with van der Waals surface area (Å²) in [7, 11) is 0. The number of fused-ring (bicyclic) bond motifs is 1. The molecule has 0 spiro atoms. The van der Waals surface area contributed by atoms with Crippen LogP contribution in [0.15, 0.2) is 39.8 Å². The summed E-state index contributed by atoms with van der Waals surface area (Å²) in [5.41, 5.74) is 0.969. The third-order valence-corrected chi connectivity index (χ3v) is 2.39. The van der Waals surface area contributed by atoms with E-state index in [0.717, 1.165) is 5.58 Å². The van der Waals surface area contributed by atoms with E-state index < -0.39 is 0 Å². The molecule has 0 unspecified atom stereocenters. The van der Waals surface area contributed by atoms with E-state index in [9.17, 15) is 0 Å². The first kappa shape index (κ1) is 6.80. The maximum Gasteiger partial charge on any atom is 0.134 e. The minimum absolute atomic E-state index is 0.969. The van der Waals surface area contributed by atoms with E-state index in [1.807, 2.05) is 6.07 Å².